The lowest BCUT2D eigenvalue weighted by molar-refractivity contribution is 0.386. The molecule has 0 radical (unpaired) electrons. The molecule has 0 aliphatic carbocycles. The van der Waals surface area contributed by atoms with E-state index in [0.29, 0.717) is 24.1 Å². The summed E-state index contributed by atoms with van der Waals surface area (Å²) in [5, 5.41) is 3.87. The fraction of sp³-hybridized carbons (Fsp3) is 0.167. The molecule has 3 aromatic rings. The van der Waals surface area contributed by atoms with Gasteiger partial charge >= 0.3 is 0 Å². The highest BCUT2D eigenvalue weighted by Gasteiger charge is 2.11. The molecule has 0 spiro atoms. The Morgan fingerprint density at radius 1 is 1.42 bits per heavy atom. The van der Waals surface area contributed by atoms with Crippen LogP contribution in [0.2, 0.25) is 0 Å². The van der Waals surface area contributed by atoms with Crippen molar-refractivity contribution < 1.29 is 4.52 Å². The molecule has 0 aliphatic heterocycles. The van der Waals surface area contributed by atoms with E-state index < -0.39 is 0 Å². The highest BCUT2D eigenvalue weighted by molar-refractivity contribution is 5.70. The summed E-state index contributed by atoms with van der Waals surface area (Å²) in [7, 11) is 0. The third kappa shape index (κ3) is 2.17. The molecule has 0 saturated heterocycles. The number of nitrogens with zero attached hydrogens (tertiary/aromatic N) is 5. The van der Waals surface area contributed by atoms with E-state index in [4.69, 9.17) is 10.3 Å². The summed E-state index contributed by atoms with van der Waals surface area (Å²) < 4.78 is 6.85. The van der Waals surface area contributed by atoms with Crippen LogP contribution in [0.1, 0.15) is 11.7 Å². The fourth-order valence-corrected chi connectivity index (χ4v) is 1.86. The zero-order valence-corrected chi connectivity index (χ0v) is 10.3. The predicted octanol–water partition coefficient (Wildman–Crippen LogP) is 1.27. The summed E-state index contributed by atoms with van der Waals surface area (Å²) in [6.45, 7) is 2.23. The molecule has 0 saturated carbocycles. The summed E-state index contributed by atoms with van der Waals surface area (Å²) in [5.74, 6) is 1.60. The van der Waals surface area contributed by atoms with E-state index >= 15 is 0 Å². The van der Waals surface area contributed by atoms with E-state index in [1.165, 1.54) is 0 Å². The Labute approximate surface area is 109 Å². The minimum Gasteiger partial charge on any atom is -0.383 e. The minimum atomic E-state index is 0.466. The average Bonchev–Trinajstić information content (AvgIpc) is 3.00. The molecule has 0 fully saturated rings. The summed E-state index contributed by atoms with van der Waals surface area (Å²) in [6, 6.07) is 3.73. The van der Waals surface area contributed by atoms with Gasteiger partial charge in [0.05, 0.1) is 24.8 Å². The Kier molecular flexibility index (Phi) is 2.71. The molecule has 0 bridgehead atoms. The van der Waals surface area contributed by atoms with Crippen LogP contribution in [0.5, 0.6) is 0 Å². The van der Waals surface area contributed by atoms with Crippen LogP contribution < -0.4 is 5.73 Å². The zero-order chi connectivity index (χ0) is 13.2. The van der Waals surface area contributed by atoms with Crippen LogP contribution in [0.15, 0.2) is 35.4 Å². The minimum absolute atomic E-state index is 0.466. The van der Waals surface area contributed by atoms with Gasteiger partial charge in [-0.3, -0.25) is 0 Å². The number of aryl methyl sites for hydroxylation is 1. The van der Waals surface area contributed by atoms with E-state index in [-0.39, 0.29) is 0 Å². The highest BCUT2D eigenvalue weighted by Crippen LogP contribution is 2.23. The molecule has 0 atom stereocenters. The monoisotopic (exact) mass is 256 g/mol. The molecule has 7 heteroatoms. The number of rotatable bonds is 3. The molecule has 0 amide bonds. The van der Waals surface area contributed by atoms with E-state index in [0.717, 1.165) is 11.3 Å². The molecule has 3 rings (SSSR count). The lowest BCUT2D eigenvalue weighted by atomic mass is 10.2. The number of pyridine rings is 1. The van der Waals surface area contributed by atoms with Gasteiger partial charge in [-0.15, -0.1) is 0 Å². The molecular formula is C12H12N6O. The summed E-state index contributed by atoms with van der Waals surface area (Å²) >= 11 is 0. The van der Waals surface area contributed by atoms with Gasteiger partial charge in [0, 0.05) is 18.7 Å². The van der Waals surface area contributed by atoms with Crippen molar-refractivity contribution >= 4 is 5.82 Å². The van der Waals surface area contributed by atoms with Gasteiger partial charge in [0.2, 0.25) is 5.89 Å². The van der Waals surface area contributed by atoms with Crippen LogP contribution in [0, 0.1) is 6.92 Å². The zero-order valence-electron chi connectivity index (χ0n) is 10.3. The Balaban J connectivity index is 1.97. The van der Waals surface area contributed by atoms with Crippen molar-refractivity contribution in [3.63, 3.8) is 0 Å². The predicted molar refractivity (Wildman–Crippen MR) is 68.0 cm³/mol. The van der Waals surface area contributed by atoms with Gasteiger partial charge in [-0.25, -0.2) is 9.97 Å². The van der Waals surface area contributed by atoms with Crippen molar-refractivity contribution in [3.8, 4) is 11.3 Å². The normalized spacial score (nSPS) is 10.8. The summed E-state index contributed by atoms with van der Waals surface area (Å²) in [6.07, 6.45) is 5.09. The first-order valence-corrected chi connectivity index (χ1v) is 5.74. The standard InChI is InChI=1S/C12H12N6O/c1-8-16-11(17-19-8)6-18-7-14-5-10(18)9-3-2-4-15-12(9)13/h2-5,7H,6H2,1H3,(H2,13,15). The molecule has 3 aromatic heterocycles. The Morgan fingerprint density at radius 3 is 3.05 bits per heavy atom. The molecule has 19 heavy (non-hydrogen) atoms. The van der Waals surface area contributed by atoms with Crippen LogP contribution in [0.25, 0.3) is 11.3 Å². The van der Waals surface area contributed by atoms with Crippen molar-refractivity contribution in [1.29, 1.82) is 0 Å². The summed E-state index contributed by atoms with van der Waals surface area (Å²) in [5.41, 5.74) is 7.58. The molecular weight excluding hydrogens is 244 g/mol. The van der Waals surface area contributed by atoms with Crippen molar-refractivity contribution in [1.82, 2.24) is 24.7 Å². The van der Waals surface area contributed by atoms with Gasteiger partial charge in [0.1, 0.15) is 5.82 Å². The van der Waals surface area contributed by atoms with Crippen LogP contribution in [-0.4, -0.2) is 24.7 Å². The van der Waals surface area contributed by atoms with Gasteiger partial charge in [-0.05, 0) is 12.1 Å². The number of anilines is 1. The Morgan fingerprint density at radius 2 is 2.32 bits per heavy atom. The molecule has 0 unspecified atom stereocenters. The maximum Gasteiger partial charge on any atom is 0.223 e. The Hall–Kier alpha value is -2.70. The fourth-order valence-electron chi connectivity index (χ4n) is 1.86. The van der Waals surface area contributed by atoms with Gasteiger partial charge in [0.25, 0.3) is 0 Å². The third-order valence-electron chi connectivity index (χ3n) is 2.71. The van der Waals surface area contributed by atoms with Gasteiger partial charge in [-0.1, -0.05) is 5.16 Å². The highest BCUT2D eigenvalue weighted by atomic mass is 16.5. The third-order valence-corrected chi connectivity index (χ3v) is 2.71. The number of nitrogens with two attached hydrogens (primary N) is 1. The van der Waals surface area contributed by atoms with Crippen molar-refractivity contribution in [2.24, 2.45) is 0 Å². The number of hydrogen-bond donors (Lipinski definition) is 1. The largest absolute Gasteiger partial charge is 0.383 e. The first-order chi connectivity index (χ1) is 9.24. The summed E-state index contributed by atoms with van der Waals surface area (Å²) in [4.78, 5) is 12.4. The van der Waals surface area contributed by atoms with Crippen LogP contribution in [-0.2, 0) is 6.54 Å². The van der Waals surface area contributed by atoms with E-state index in [1.807, 2.05) is 16.7 Å². The molecule has 7 nitrogen and oxygen atoms in total. The molecule has 2 N–H and O–H groups in total. The van der Waals surface area contributed by atoms with Crippen molar-refractivity contribution in [2.45, 2.75) is 13.5 Å². The number of nitrogen functional groups attached to an aromatic ring is 1. The smallest absolute Gasteiger partial charge is 0.223 e. The molecule has 0 aromatic carbocycles. The number of aromatic nitrogens is 5. The first kappa shape index (κ1) is 11.4. The maximum absolute atomic E-state index is 5.88. The second-order valence-corrected chi connectivity index (χ2v) is 4.07. The van der Waals surface area contributed by atoms with Crippen molar-refractivity contribution in [2.75, 3.05) is 5.73 Å². The molecule has 3 heterocycles. The topological polar surface area (TPSA) is 95.7 Å². The van der Waals surface area contributed by atoms with Crippen LogP contribution in [0.3, 0.4) is 0 Å². The van der Waals surface area contributed by atoms with Crippen LogP contribution in [0.4, 0.5) is 5.82 Å². The SMILES string of the molecule is Cc1nc(Cn2cncc2-c2cccnc2N)no1. The number of hydrogen-bond acceptors (Lipinski definition) is 6. The first-order valence-electron chi connectivity index (χ1n) is 5.74. The lowest BCUT2D eigenvalue weighted by Gasteiger charge is -2.07. The molecule has 96 valence electrons. The quantitative estimate of drug-likeness (QED) is 0.758. The molecule has 0 aliphatic rings. The maximum atomic E-state index is 5.88. The number of imidazole rings is 1. The van der Waals surface area contributed by atoms with Gasteiger partial charge in [0.15, 0.2) is 5.82 Å². The second kappa shape index (κ2) is 4.52. The van der Waals surface area contributed by atoms with Crippen molar-refractivity contribution in [3.05, 3.63) is 42.6 Å². The van der Waals surface area contributed by atoms with Crippen LogP contribution >= 0.6 is 0 Å². The van der Waals surface area contributed by atoms with E-state index in [9.17, 15) is 0 Å². The lowest BCUT2D eigenvalue weighted by Crippen LogP contribution is -2.04. The van der Waals surface area contributed by atoms with E-state index in [1.54, 1.807) is 25.6 Å². The van der Waals surface area contributed by atoms with Gasteiger partial charge in [-0.2, -0.15) is 4.98 Å². The van der Waals surface area contributed by atoms with E-state index in [2.05, 4.69) is 20.1 Å². The van der Waals surface area contributed by atoms with Gasteiger partial charge < -0.3 is 14.8 Å². The average molecular weight is 256 g/mol. The second-order valence-electron chi connectivity index (χ2n) is 4.07. The Bertz CT molecular complexity index is 702.